The Morgan fingerprint density at radius 3 is 1.75 bits per heavy atom. The monoisotopic (exact) mass is 717 g/mol. The summed E-state index contributed by atoms with van der Waals surface area (Å²) in [7, 11) is -5.36. The van der Waals surface area contributed by atoms with Crippen LogP contribution in [-0.2, 0) is 13.3 Å². The van der Waals surface area contributed by atoms with Gasteiger partial charge >= 0.3 is 0 Å². The first-order chi connectivity index (χ1) is 21.6. The molecule has 0 aromatic rings. The molecule has 3 saturated carbocycles. The van der Waals surface area contributed by atoms with Gasteiger partial charge in [-0.1, -0.05) is 97.8 Å². The van der Waals surface area contributed by atoms with Crippen LogP contribution in [0.15, 0.2) is 35.5 Å². The summed E-state index contributed by atoms with van der Waals surface area (Å²) in [5.74, 6) is 2.43. The number of allylic oxidation sites excluding steroid dienone is 4. The smallest absolute Gasteiger partial charge is 0.192 e. The van der Waals surface area contributed by atoms with Crippen LogP contribution in [0.3, 0.4) is 0 Å². The van der Waals surface area contributed by atoms with E-state index in [4.69, 9.17) is 13.3 Å². The Morgan fingerprint density at radius 1 is 0.750 bits per heavy atom. The van der Waals surface area contributed by atoms with Gasteiger partial charge in [0.05, 0.1) is 17.8 Å². The van der Waals surface area contributed by atoms with Crippen molar-refractivity contribution < 1.29 is 13.3 Å². The summed E-state index contributed by atoms with van der Waals surface area (Å²) in [6.07, 6.45) is 20.4. The molecule has 0 heterocycles. The molecule has 0 saturated heterocycles. The minimum absolute atomic E-state index is 0.125. The summed E-state index contributed by atoms with van der Waals surface area (Å²) in [4.78, 5) is 0. The second-order valence-electron chi connectivity index (χ2n) is 21.2. The number of fused-ring (bicyclic) bond motifs is 1. The third kappa shape index (κ3) is 10.4. The zero-order valence-electron chi connectivity index (χ0n) is 35.2. The number of hydrogen-bond acceptors (Lipinski definition) is 3. The van der Waals surface area contributed by atoms with Gasteiger partial charge in [-0.25, -0.2) is 0 Å². The van der Waals surface area contributed by atoms with Crippen molar-refractivity contribution >= 4 is 25.0 Å². The van der Waals surface area contributed by atoms with Crippen molar-refractivity contribution in [3.05, 3.63) is 35.5 Å². The van der Waals surface area contributed by atoms with Crippen molar-refractivity contribution in [3.63, 3.8) is 0 Å². The van der Waals surface area contributed by atoms with E-state index in [1.165, 1.54) is 37.7 Å². The Balaban J connectivity index is 1.82. The molecule has 6 heteroatoms. The average Bonchev–Trinajstić information content (AvgIpc) is 3.24. The van der Waals surface area contributed by atoms with E-state index in [1.807, 2.05) is 0 Å². The topological polar surface area (TPSA) is 27.7 Å². The lowest BCUT2D eigenvalue weighted by Gasteiger charge is -2.45. The first-order valence-electron chi connectivity index (χ1n) is 19.7. The molecule has 0 aromatic carbocycles. The van der Waals surface area contributed by atoms with E-state index in [0.29, 0.717) is 23.2 Å². The molecule has 0 spiro atoms. The maximum atomic E-state index is 7.11. The van der Waals surface area contributed by atoms with Crippen LogP contribution in [0.5, 0.6) is 0 Å². The number of rotatable bonds is 11. The fourth-order valence-electron chi connectivity index (χ4n) is 8.59. The second kappa shape index (κ2) is 15.0. The first-order valence-corrected chi connectivity index (χ1v) is 28.9. The molecule has 0 unspecified atom stereocenters. The van der Waals surface area contributed by atoms with E-state index < -0.39 is 25.0 Å². The summed E-state index contributed by atoms with van der Waals surface area (Å²) in [5.41, 5.74) is 3.51. The average molecular weight is 717 g/mol. The molecule has 3 aliphatic rings. The van der Waals surface area contributed by atoms with E-state index in [2.05, 4.69) is 146 Å². The molecule has 48 heavy (non-hydrogen) atoms. The summed E-state index contributed by atoms with van der Waals surface area (Å²) >= 11 is 0. The molecule has 0 aliphatic heterocycles. The molecule has 0 amide bonds. The van der Waals surface area contributed by atoms with Gasteiger partial charge in [0.2, 0.25) is 0 Å². The van der Waals surface area contributed by atoms with Crippen LogP contribution in [0.4, 0.5) is 0 Å². The third-order valence-corrected chi connectivity index (χ3v) is 23.8. The molecular weight excluding hydrogens is 637 g/mol. The van der Waals surface area contributed by atoms with Crippen molar-refractivity contribution in [2.75, 3.05) is 0 Å². The van der Waals surface area contributed by atoms with Gasteiger partial charge in [-0.2, -0.15) is 0 Å². The zero-order chi connectivity index (χ0) is 36.7. The standard InChI is InChI=1S/C42H80O3Si3/c1-31(21-22-32(2)41(9,10)45-46(12,13)14)37-25-26-38-34(20-19-27-42(37,38)11)24-23-33-28-35(43-47(15,16)39(3,4)5)30-36(29-33)44-48(17,18)40(6,7)8/h21-24,31-32,35-38H,19-20,25-30H2,1-18H3/b22-21+,34-24+/t31-,32+,35-,36-,37-,38+,42-/m1/s1. The summed E-state index contributed by atoms with van der Waals surface area (Å²) in [5, 5.41) is 0.417. The Labute approximate surface area is 302 Å². The maximum absolute atomic E-state index is 7.11. The van der Waals surface area contributed by atoms with Crippen LogP contribution < -0.4 is 0 Å². The molecule has 0 bridgehead atoms. The Hall–Kier alpha value is -0.249. The lowest BCUT2D eigenvalue weighted by Crippen LogP contribution is -2.48. The van der Waals surface area contributed by atoms with Crippen LogP contribution in [0, 0.1) is 29.1 Å². The Kier molecular flexibility index (Phi) is 13.2. The predicted molar refractivity (Wildman–Crippen MR) is 218 cm³/mol. The fraction of sp³-hybridized carbons (Fsp3) is 0.857. The molecule has 0 N–H and O–H groups in total. The normalized spacial score (nSPS) is 30.5. The van der Waals surface area contributed by atoms with E-state index in [0.717, 1.165) is 25.2 Å². The maximum Gasteiger partial charge on any atom is 0.192 e. The molecule has 278 valence electrons. The van der Waals surface area contributed by atoms with Gasteiger partial charge in [-0.15, -0.1) is 0 Å². The van der Waals surface area contributed by atoms with Crippen LogP contribution in [-0.4, -0.2) is 42.8 Å². The van der Waals surface area contributed by atoms with Crippen molar-refractivity contribution in [3.8, 4) is 0 Å². The van der Waals surface area contributed by atoms with Gasteiger partial charge in [-0.05, 0) is 144 Å². The van der Waals surface area contributed by atoms with E-state index >= 15 is 0 Å². The highest BCUT2D eigenvalue weighted by molar-refractivity contribution is 6.74. The lowest BCUT2D eigenvalue weighted by atomic mass is 9.61. The molecule has 3 aliphatic carbocycles. The van der Waals surface area contributed by atoms with Gasteiger partial charge in [-0.3, -0.25) is 0 Å². The highest BCUT2D eigenvalue weighted by atomic mass is 28.4. The Morgan fingerprint density at radius 2 is 1.27 bits per heavy atom. The fourth-order valence-corrected chi connectivity index (χ4v) is 13.1. The van der Waals surface area contributed by atoms with Gasteiger partial charge in [0, 0.05) is 5.92 Å². The van der Waals surface area contributed by atoms with Crippen molar-refractivity contribution in [1.82, 2.24) is 0 Å². The molecule has 3 fully saturated rings. The molecule has 3 rings (SSSR count). The van der Waals surface area contributed by atoms with E-state index in [9.17, 15) is 0 Å². The molecule has 7 atom stereocenters. The molecular formula is C42H80O3Si3. The van der Waals surface area contributed by atoms with Gasteiger partial charge in [0.1, 0.15) is 0 Å². The lowest BCUT2D eigenvalue weighted by molar-refractivity contribution is 0.0632. The third-order valence-electron chi connectivity index (χ3n) is 13.6. The van der Waals surface area contributed by atoms with Gasteiger partial charge in [0.15, 0.2) is 25.0 Å². The van der Waals surface area contributed by atoms with Crippen LogP contribution in [0.2, 0.25) is 55.9 Å². The van der Waals surface area contributed by atoms with Crippen molar-refractivity contribution in [2.45, 2.75) is 201 Å². The van der Waals surface area contributed by atoms with Crippen molar-refractivity contribution in [2.24, 2.45) is 29.1 Å². The van der Waals surface area contributed by atoms with Gasteiger partial charge in [0.25, 0.3) is 0 Å². The van der Waals surface area contributed by atoms with Gasteiger partial charge < -0.3 is 13.3 Å². The predicted octanol–water partition coefficient (Wildman–Crippen LogP) is 13.5. The molecule has 0 radical (unpaired) electrons. The summed E-state index contributed by atoms with van der Waals surface area (Å²) in [6.45, 7) is 42.7. The van der Waals surface area contributed by atoms with E-state index in [1.54, 1.807) is 5.57 Å². The summed E-state index contributed by atoms with van der Waals surface area (Å²) in [6, 6.07) is 0. The highest BCUT2D eigenvalue weighted by Gasteiger charge is 2.50. The second-order valence-corrected chi connectivity index (χ2v) is 35.1. The largest absolute Gasteiger partial charge is 0.414 e. The van der Waals surface area contributed by atoms with Crippen molar-refractivity contribution in [1.29, 1.82) is 0 Å². The minimum Gasteiger partial charge on any atom is -0.414 e. The molecule has 3 nitrogen and oxygen atoms in total. The Bertz CT molecular complexity index is 1140. The zero-order valence-corrected chi connectivity index (χ0v) is 38.2. The SMILES string of the molecule is C[C@H](/C=C/[C@H](C)C(C)(C)O[Si](C)(C)C)[C@H]1CC[C@H]2/C(=C/C=C3C[C@@H](O[Si](C)(C)C(C)(C)C)C[C@H](O[Si](C)(C)C(C)(C)C)C3)CCC[C@]12C. The van der Waals surface area contributed by atoms with Crippen LogP contribution in [0.25, 0.3) is 0 Å². The highest BCUT2D eigenvalue weighted by Crippen LogP contribution is 2.59. The quantitative estimate of drug-likeness (QED) is 0.157. The molecule has 0 aromatic heterocycles. The summed E-state index contributed by atoms with van der Waals surface area (Å²) < 4.78 is 20.8. The first kappa shape index (κ1) is 42.2. The van der Waals surface area contributed by atoms with Crippen LogP contribution in [0.1, 0.15) is 128 Å². The van der Waals surface area contributed by atoms with E-state index in [-0.39, 0.29) is 27.9 Å². The minimum atomic E-state index is -1.88. The number of hydrogen-bond donors (Lipinski definition) is 0. The van der Waals surface area contributed by atoms with Crippen LogP contribution >= 0.6 is 0 Å².